The Bertz CT molecular complexity index is 126. The molecule has 0 unspecified atom stereocenters. The van der Waals surface area contributed by atoms with Gasteiger partial charge in [-0.25, -0.2) is 0 Å². The number of aliphatic hydroxyl groups excluding tert-OH is 2. The normalized spacial score (nSPS) is 12.5. The lowest BCUT2D eigenvalue weighted by Gasteiger charge is -2.30. The summed E-state index contributed by atoms with van der Waals surface area (Å²) in [6, 6.07) is 0. The van der Waals surface area contributed by atoms with Crippen LogP contribution in [0.1, 0.15) is 6.92 Å². The third-order valence-corrected chi connectivity index (χ3v) is 2.09. The van der Waals surface area contributed by atoms with Crippen molar-refractivity contribution in [3.8, 4) is 0 Å². The molecule has 0 bridgehead atoms. The third kappa shape index (κ3) is 5.21. The molecule has 4 nitrogen and oxygen atoms in total. The van der Waals surface area contributed by atoms with E-state index in [9.17, 15) is 0 Å². The van der Waals surface area contributed by atoms with Gasteiger partial charge in [0.25, 0.3) is 0 Å². The van der Waals surface area contributed by atoms with Gasteiger partial charge in [0.15, 0.2) is 0 Å². The lowest BCUT2D eigenvalue weighted by Crippen LogP contribution is -2.40. The molecule has 0 aliphatic heterocycles. The van der Waals surface area contributed by atoms with Gasteiger partial charge in [0, 0.05) is 25.6 Å². The molecule has 0 radical (unpaired) electrons. The predicted octanol–water partition coefficient (Wildman–Crippen LogP) is -0.444. The van der Waals surface area contributed by atoms with Gasteiger partial charge in [0.05, 0.1) is 19.8 Å². The Kier molecular flexibility index (Phi) is 6.24. The molecule has 0 aliphatic carbocycles. The van der Waals surface area contributed by atoms with Crippen molar-refractivity contribution in [3.05, 3.63) is 0 Å². The van der Waals surface area contributed by atoms with Crippen molar-refractivity contribution in [2.24, 2.45) is 5.41 Å². The van der Waals surface area contributed by atoms with E-state index in [0.29, 0.717) is 13.2 Å². The van der Waals surface area contributed by atoms with E-state index < -0.39 is 5.41 Å². The van der Waals surface area contributed by atoms with Crippen molar-refractivity contribution >= 4 is 0 Å². The Balaban J connectivity index is 3.79. The van der Waals surface area contributed by atoms with Gasteiger partial charge < -0.3 is 19.8 Å². The van der Waals surface area contributed by atoms with Gasteiger partial charge in [-0.15, -0.1) is 0 Å². The van der Waals surface area contributed by atoms with E-state index in [1.807, 2.05) is 18.9 Å². The molecule has 80 valence electrons. The monoisotopic (exact) mass is 191 g/mol. The largest absolute Gasteiger partial charge is 0.396 e. The van der Waals surface area contributed by atoms with Gasteiger partial charge in [-0.1, -0.05) is 6.92 Å². The highest BCUT2D eigenvalue weighted by molar-refractivity contribution is 4.75. The number of hydrogen-bond acceptors (Lipinski definition) is 4. The summed E-state index contributed by atoms with van der Waals surface area (Å²) in [4.78, 5) is 2.04. The number of rotatable bonds is 7. The first-order valence-corrected chi connectivity index (χ1v) is 4.47. The fourth-order valence-corrected chi connectivity index (χ4v) is 1.13. The molecule has 0 atom stereocenters. The molecule has 0 amide bonds. The highest BCUT2D eigenvalue weighted by Crippen LogP contribution is 2.14. The molecule has 0 saturated carbocycles. The van der Waals surface area contributed by atoms with Crippen LogP contribution in [0.15, 0.2) is 0 Å². The lowest BCUT2D eigenvalue weighted by atomic mass is 9.92. The van der Waals surface area contributed by atoms with Crippen LogP contribution < -0.4 is 0 Å². The van der Waals surface area contributed by atoms with Gasteiger partial charge in [-0.2, -0.15) is 0 Å². The molecular weight excluding hydrogens is 170 g/mol. The van der Waals surface area contributed by atoms with Gasteiger partial charge in [-0.3, -0.25) is 0 Å². The number of ether oxygens (including phenoxy) is 1. The Labute approximate surface area is 80.1 Å². The SMILES string of the molecule is COCCN(C)CC(C)(CO)CO. The van der Waals surface area contributed by atoms with E-state index >= 15 is 0 Å². The van der Waals surface area contributed by atoms with Crippen LogP contribution in [0.3, 0.4) is 0 Å². The van der Waals surface area contributed by atoms with Crippen molar-refractivity contribution in [2.45, 2.75) is 6.92 Å². The maximum absolute atomic E-state index is 9.04. The summed E-state index contributed by atoms with van der Waals surface area (Å²) < 4.78 is 4.93. The Morgan fingerprint density at radius 1 is 1.31 bits per heavy atom. The van der Waals surface area contributed by atoms with Gasteiger partial charge >= 0.3 is 0 Å². The maximum Gasteiger partial charge on any atom is 0.0589 e. The topological polar surface area (TPSA) is 52.9 Å². The van der Waals surface area contributed by atoms with Crippen LogP contribution >= 0.6 is 0 Å². The zero-order valence-corrected chi connectivity index (χ0v) is 8.79. The average Bonchev–Trinajstić information content (AvgIpc) is 2.14. The van der Waals surface area contributed by atoms with Crippen LogP contribution in [0.4, 0.5) is 0 Å². The number of methoxy groups -OCH3 is 1. The summed E-state index contributed by atoms with van der Waals surface area (Å²) in [7, 11) is 3.60. The zero-order valence-electron chi connectivity index (χ0n) is 8.79. The van der Waals surface area contributed by atoms with E-state index in [-0.39, 0.29) is 13.2 Å². The minimum Gasteiger partial charge on any atom is -0.396 e. The fourth-order valence-electron chi connectivity index (χ4n) is 1.13. The summed E-state index contributed by atoms with van der Waals surface area (Å²) in [5.41, 5.74) is -0.414. The molecule has 13 heavy (non-hydrogen) atoms. The first-order chi connectivity index (χ1) is 6.08. The second kappa shape index (κ2) is 6.32. The van der Waals surface area contributed by atoms with Crippen molar-refractivity contribution in [1.29, 1.82) is 0 Å². The molecule has 0 aromatic heterocycles. The van der Waals surface area contributed by atoms with Crippen molar-refractivity contribution < 1.29 is 14.9 Å². The number of aliphatic hydroxyl groups is 2. The molecule has 4 heteroatoms. The van der Waals surface area contributed by atoms with Crippen LogP contribution in [0.5, 0.6) is 0 Å². The molecule has 0 fully saturated rings. The van der Waals surface area contributed by atoms with E-state index in [1.165, 1.54) is 0 Å². The molecule has 2 N–H and O–H groups in total. The van der Waals surface area contributed by atoms with Crippen molar-refractivity contribution in [1.82, 2.24) is 4.90 Å². The fraction of sp³-hybridized carbons (Fsp3) is 1.00. The molecule has 0 saturated heterocycles. The molecule has 0 rings (SSSR count). The summed E-state index contributed by atoms with van der Waals surface area (Å²) in [5.74, 6) is 0. The quantitative estimate of drug-likeness (QED) is 0.572. The number of nitrogens with zero attached hydrogens (tertiary/aromatic N) is 1. The van der Waals surface area contributed by atoms with Crippen LogP contribution in [0, 0.1) is 5.41 Å². The van der Waals surface area contributed by atoms with E-state index in [2.05, 4.69) is 0 Å². The predicted molar refractivity (Wildman–Crippen MR) is 51.7 cm³/mol. The summed E-state index contributed by atoms with van der Waals surface area (Å²) >= 11 is 0. The molecule has 0 aromatic rings. The Hall–Kier alpha value is -0.160. The molecular formula is C9H21NO3. The van der Waals surface area contributed by atoms with E-state index in [1.54, 1.807) is 7.11 Å². The Morgan fingerprint density at radius 2 is 1.85 bits per heavy atom. The molecule has 0 heterocycles. The number of likely N-dealkylation sites (N-methyl/N-ethyl adjacent to an activating group) is 1. The minimum absolute atomic E-state index is 0.000816. The summed E-state index contributed by atoms with van der Waals surface area (Å²) in [5, 5.41) is 18.1. The minimum atomic E-state index is -0.414. The molecule has 0 aliphatic rings. The van der Waals surface area contributed by atoms with Crippen LogP contribution in [0.2, 0.25) is 0 Å². The average molecular weight is 191 g/mol. The second-order valence-electron chi connectivity index (χ2n) is 3.86. The van der Waals surface area contributed by atoms with Crippen LogP contribution in [-0.2, 0) is 4.74 Å². The third-order valence-electron chi connectivity index (χ3n) is 2.09. The van der Waals surface area contributed by atoms with Crippen LogP contribution in [0.25, 0.3) is 0 Å². The smallest absolute Gasteiger partial charge is 0.0589 e. The zero-order chi connectivity index (χ0) is 10.3. The highest BCUT2D eigenvalue weighted by Gasteiger charge is 2.23. The van der Waals surface area contributed by atoms with Crippen molar-refractivity contribution in [2.75, 3.05) is 47.1 Å². The van der Waals surface area contributed by atoms with E-state index in [0.717, 1.165) is 6.54 Å². The first kappa shape index (κ1) is 12.8. The highest BCUT2D eigenvalue weighted by atomic mass is 16.5. The van der Waals surface area contributed by atoms with Gasteiger partial charge in [0.2, 0.25) is 0 Å². The van der Waals surface area contributed by atoms with Crippen molar-refractivity contribution in [3.63, 3.8) is 0 Å². The van der Waals surface area contributed by atoms with Crippen LogP contribution in [-0.4, -0.2) is 62.2 Å². The van der Waals surface area contributed by atoms with E-state index in [4.69, 9.17) is 14.9 Å². The maximum atomic E-state index is 9.04. The first-order valence-electron chi connectivity index (χ1n) is 4.47. The molecule has 0 aromatic carbocycles. The standard InChI is InChI=1S/C9H21NO3/c1-9(7-11,8-12)6-10(2)4-5-13-3/h11-12H,4-8H2,1-3H3. The number of hydrogen-bond donors (Lipinski definition) is 2. The lowest BCUT2D eigenvalue weighted by molar-refractivity contribution is 0.0356. The van der Waals surface area contributed by atoms with Gasteiger partial charge in [-0.05, 0) is 7.05 Å². The molecule has 0 spiro atoms. The summed E-state index contributed by atoms with van der Waals surface area (Å²) in [6.45, 7) is 4.01. The second-order valence-corrected chi connectivity index (χ2v) is 3.86. The summed E-state index contributed by atoms with van der Waals surface area (Å²) in [6.07, 6.45) is 0. The van der Waals surface area contributed by atoms with Gasteiger partial charge in [0.1, 0.15) is 0 Å². The Morgan fingerprint density at radius 3 is 2.23 bits per heavy atom.